The number of esters is 1. The van der Waals surface area contributed by atoms with Crippen molar-refractivity contribution in [1.29, 1.82) is 0 Å². The Labute approximate surface area is 116 Å². The Bertz CT molecular complexity index is 342. The summed E-state index contributed by atoms with van der Waals surface area (Å²) in [5.74, 6) is -0.167. The van der Waals surface area contributed by atoms with Gasteiger partial charge in [0.2, 0.25) is 0 Å². The smallest absolute Gasteiger partial charge is 0.333 e. The van der Waals surface area contributed by atoms with E-state index in [-0.39, 0.29) is 11.6 Å². The summed E-state index contributed by atoms with van der Waals surface area (Å²) in [4.78, 5) is 13.2. The molecule has 0 aromatic carbocycles. The topological polar surface area (TPSA) is 42.8 Å². The number of carbonyl (C=O) groups excluding carboxylic acids is 1. The lowest BCUT2D eigenvalue weighted by molar-refractivity contribution is -0.895. The lowest BCUT2D eigenvalue weighted by Gasteiger charge is -2.35. The highest BCUT2D eigenvalue weighted by molar-refractivity contribution is 5.86. The maximum atomic E-state index is 11.6. The van der Waals surface area contributed by atoms with Crippen LogP contribution in [0.5, 0.6) is 0 Å². The van der Waals surface area contributed by atoms with Gasteiger partial charge in [0.05, 0.1) is 31.9 Å². The number of carbonyl (C=O) groups is 1. The molecular formula is C15H27N2O2+. The summed E-state index contributed by atoms with van der Waals surface area (Å²) in [5, 5.41) is 3.47. The van der Waals surface area contributed by atoms with Crippen LogP contribution >= 0.6 is 0 Å². The van der Waals surface area contributed by atoms with Crippen LogP contribution in [0, 0.1) is 0 Å². The Hall–Kier alpha value is -1.03. The third kappa shape index (κ3) is 3.30. The van der Waals surface area contributed by atoms with Crippen molar-refractivity contribution in [1.82, 2.24) is 5.32 Å². The number of rotatable bonds is 6. The van der Waals surface area contributed by atoms with E-state index in [4.69, 9.17) is 4.74 Å². The van der Waals surface area contributed by atoms with E-state index in [2.05, 4.69) is 19.2 Å². The maximum Gasteiger partial charge on any atom is 0.333 e. The van der Waals surface area contributed by atoms with Gasteiger partial charge >= 0.3 is 5.97 Å². The minimum absolute atomic E-state index is 0.167. The molecule has 0 saturated heterocycles. The van der Waals surface area contributed by atoms with E-state index in [9.17, 15) is 4.79 Å². The molecule has 4 nitrogen and oxygen atoms in total. The number of nitrogens with one attached hydrogen (secondary N) is 2. The highest BCUT2D eigenvalue weighted by Crippen LogP contribution is 2.39. The molecular weight excluding hydrogens is 240 g/mol. The summed E-state index contributed by atoms with van der Waals surface area (Å²) in [6.07, 6.45) is 7.21. The molecule has 1 aliphatic heterocycles. The predicted octanol–water partition coefficient (Wildman–Crippen LogP) is 0.644. The number of hydrogen-bond donors (Lipinski definition) is 2. The van der Waals surface area contributed by atoms with E-state index in [1.807, 2.05) is 0 Å². The summed E-state index contributed by atoms with van der Waals surface area (Å²) < 4.78 is 5.61. The summed E-state index contributed by atoms with van der Waals surface area (Å²) in [5.41, 5.74) is 0.720. The largest absolute Gasteiger partial charge is 0.449 e. The molecule has 0 amide bonds. The van der Waals surface area contributed by atoms with Gasteiger partial charge in [0.15, 0.2) is 5.60 Å². The Balaban J connectivity index is 1.90. The first-order valence-electron chi connectivity index (χ1n) is 7.73. The van der Waals surface area contributed by atoms with Crippen LogP contribution in [0.15, 0.2) is 11.8 Å². The second-order valence-corrected chi connectivity index (χ2v) is 5.67. The predicted molar refractivity (Wildman–Crippen MR) is 74.9 cm³/mol. The minimum atomic E-state index is -0.312. The van der Waals surface area contributed by atoms with Crippen LogP contribution in [0.3, 0.4) is 0 Å². The summed E-state index contributed by atoms with van der Waals surface area (Å²) in [7, 11) is 0. The van der Waals surface area contributed by atoms with E-state index in [0.717, 1.165) is 57.6 Å². The quantitative estimate of drug-likeness (QED) is 0.694. The molecule has 108 valence electrons. The zero-order valence-electron chi connectivity index (χ0n) is 12.3. The van der Waals surface area contributed by atoms with E-state index in [1.165, 1.54) is 6.42 Å². The van der Waals surface area contributed by atoms with Crippen LogP contribution in [0.4, 0.5) is 0 Å². The highest BCUT2D eigenvalue weighted by atomic mass is 16.6. The SMILES string of the molecule is CC[NH+](CC)CCNC1=CC(=O)OC12CCCCC2. The van der Waals surface area contributed by atoms with Crippen LogP contribution in [-0.4, -0.2) is 37.7 Å². The summed E-state index contributed by atoms with van der Waals surface area (Å²) in [6, 6.07) is 0. The second-order valence-electron chi connectivity index (χ2n) is 5.67. The molecule has 0 aromatic rings. The summed E-state index contributed by atoms with van der Waals surface area (Å²) >= 11 is 0. The fourth-order valence-electron chi connectivity index (χ4n) is 3.21. The molecule has 1 aliphatic carbocycles. The van der Waals surface area contributed by atoms with Crippen molar-refractivity contribution in [2.45, 2.75) is 51.6 Å². The number of likely N-dealkylation sites (N-methyl/N-ethyl adjacent to an activating group) is 1. The van der Waals surface area contributed by atoms with Gasteiger partial charge in [-0.2, -0.15) is 0 Å². The second kappa shape index (κ2) is 6.42. The molecule has 0 radical (unpaired) electrons. The first-order chi connectivity index (χ1) is 9.20. The highest BCUT2D eigenvalue weighted by Gasteiger charge is 2.43. The molecule has 19 heavy (non-hydrogen) atoms. The zero-order valence-corrected chi connectivity index (χ0v) is 12.3. The van der Waals surface area contributed by atoms with Crippen LogP contribution in [0.2, 0.25) is 0 Å². The fraction of sp³-hybridized carbons (Fsp3) is 0.800. The molecule has 0 atom stereocenters. The van der Waals surface area contributed by atoms with Gasteiger partial charge in [-0.25, -0.2) is 4.79 Å². The van der Waals surface area contributed by atoms with Crippen molar-refractivity contribution in [2.75, 3.05) is 26.2 Å². The van der Waals surface area contributed by atoms with Gasteiger partial charge in [-0.05, 0) is 39.5 Å². The van der Waals surface area contributed by atoms with Crippen molar-refractivity contribution in [3.63, 3.8) is 0 Å². The average molecular weight is 267 g/mol. The van der Waals surface area contributed by atoms with Crippen LogP contribution < -0.4 is 10.2 Å². The van der Waals surface area contributed by atoms with Gasteiger partial charge in [-0.15, -0.1) is 0 Å². The number of quaternary nitrogens is 1. The van der Waals surface area contributed by atoms with Crippen molar-refractivity contribution in [3.8, 4) is 0 Å². The third-order valence-corrected chi connectivity index (χ3v) is 4.50. The molecule has 1 heterocycles. The van der Waals surface area contributed by atoms with Crippen LogP contribution in [0.25, 0.3) is 0 Å². The first-order valence-corrected chi connectivity index (χ1v) is 7.73. The molecule has 2 aliphatic rings. The van der Waals surface area contributed by atoms with E-state index in [0.29, 0.717) is 0 Å². The van der Waals surface area contributed by atoms with Gasteiger partial charge in [-0.3, -0.25) is 0 Å². The van der Waals surface area contributed by atoms with E-state index < -0.39 is 0 Å². The molecule has 1 saturated carbocycles. The van der Waals surface area contributed by atoms with Gasteiger partial charge < -0.3 is 15.0 Å². The van der Waals surface area contributed by atoms with E-state index >= 15 is 0 Å². The van der Waals surface area contributed by atoms with Crippen molar-refractivity contribution < 1.29 is 14.4 Å². The molecule has 0 aromatic heterocycles. The molecule has 1 spiro atoms. The average Bonchev–Trinajstić information content (AvgIpc) is 2.71. The van der Waals surface area contributed by atoms with Crippen LogP contribution in [-0.2, 0) is 9.53 Å². The Morgan fingerprint density at radius 2 is 1.95 bits per heavy atom. The normalized spacial score (nSPS) is 21.6. The molecule has 0 bridgehead atoms. The van der Waals surface area contributed by atoms with Gasteiger partial charge in [0.25, 0.3) is 0 Å². The molecule has 4 heteroatoms. The Kier molecular flexibility index (Phi) is 4.86. The monoisotopic (exact) mass is 267 g/mol. The minimum Gasteiger partial charge on any atom is -0.449 e. The summed E-state index contributed by atoms with van der Waals surface area (Å²) in [6.45, 7) is 8.73. The van der Waals surface area contributed by atoms with Crippen LogP contribution in [0.1, 0.15) is 46.0 Å². The van der Waals surface area contributed by atoms with Gasteiger partial charge in [0.1, 0.15) is 0 Å². The maximum absolute atomic E-state index is 11.6. The standard InChI is InChI=1S/C15H26N2O2/c1-3-17(4-2)11-10-16-13-12-14(18)19-15(13)8-6-5-7-9-15/h12,16H,3-11H2,1-2H3/p+1. The van der Waals surface area contributed by atoms with Gasteiger partial charge in [-0.1, -0.05) is 6.42 Å². The molecule has 2 rings (SSSR count). The first kappa shape index (κ1) is 14.4. The molecule has 2 N–H and O–H groups in total. The van der Waals surface area contributed by atoms with Crippen molar-refractivity contribution in [3.05, 3.63) is 11.8 Å². The van der Waals surface area contributed by atoms with Gasteiger partial charge in [0, 0.05) is 6.08 Å². The van der Waals surface area contributed by atoms with Crippen molar-refractivity contribution in [2.24, 2.45) is 0 Å². The zero-order chi connectivity index (χ0) is 13.7. The fourth-order valence-corrected chi connectivity index (χ4v) is 3.21. The number of ether oxygens (including phenoxy) is 1. The Morgan fingerprint density at radius 3 is 2.58 bits per heavy atom. The Morgan fingerprint density at radius 1 is 1.26 bits per heavy atom. The lowest BCUT2D eigenvalue weighted by Crippen LogP contribution is -3.12. The lowest BCUT2D eigenvalue weighted by atomic mass is 9.83. The molecule has 0 unspecified atom stereocenters. The van der Waals surface area contributed by atoms with E-state index in [1.54, 1.807) is 11.0 Å². The molecule has 1 fully saturated rings. The van der Waals surface area contributed by atoms with Crippen molar-refractivity contribution >= 4 is 5.97 Å². The number of hydrogen-bond acceptors (Lipinski definition) is 3. The third-order valence-electron chi connectivity index (χ3n) is 4.50.